The van der Waals surface area contributed by atoms with Crippen molar-refractivity contribution in [3.63, 3.8) is 0 Å². The minimum absolute atomic E-state index is 0.585. The fraction of sp³-hybridized carbons (Fsp3) is 0.458. The molecule has 0 atom stereocenters. The van der Waals surface area contributed by atoms with Gasteiger partial charge in [0.25, 0.3) is 0 Å². The lowest BCUT2D eigenvalue weighted by molar-refractivity contribution is 0.0389. The smallest absolute Gasteiger partial charge is 0.191 e. The number of guanidine groups is 1. The van der Waals surface area contributed by atoms with Crippen LogP contribution in [0.5, 0.6) is 0 Å². The van der Waals surface area contributed by atoms with E-state index in [9.17, 15) is 0 Å². The first kappa shape index (κ1) is 22.3. The van der Waals surface area contributed by atoms with Crippen LogP contribution in [0.2, 0.25) is 0 Å². The zero-order valence-corrected chi connectivity index (χ0v) is 18.0. The van der Waals surface area contributed by atoms with E-state index < -0.39 is 0 Å². The number of ether oxygens (including phenoxy) is 2. The zero-order valence-electron chi connectivity index (χ0n) is 18.0. The third-order valence-electron chi connectivity index (χ3n) is 5.06. The molecule has 0 aromatic heterocycles. The van der Waals surface area contributed by atoms with Gasteiger partial charge in [-0.05, 0) is 23.6 Å². The second-order valence-corrected chi connectivity index (χ2v) is 7.32. The van der Waals surface area contributed by atoms with E-state index in [4.69, 9.17) is 14.5 Å². The fourth-order valence-corrected chi connectivity index (χ4v) is 3.37. The summed E-state index contributed by atoms with van der Waals surface area (Å²) >= 11 is 0. The number of hydrogen-bond donors (Lipinski definition) is 2. The lowest BCUT2D eigenvalue weighted by Crippen LogP contribution is -2.44. The average Bonchev–Trinajstić information content (AvgIpc) is 2.80. The molecule has 2 N–H and O–H groups in total. The van der Waals surface area contributed by atoms with E-state index in [2.05, 4.69) is 58.9 Å². The van der Waals surface area contributed by atoms with Gasteiger partial charge in [0.2, 0.25) is 0 Å². The molecule has 162 valence electrons. The third kappa shape index (κ3) is 7.78. The molecule has 2 aromatic carbocycles. The summed E-state index contributed by atoms with van der Waals surface area (Å²) in [6.45, 7) is 10.3. The Morgan fingerprint density at radius 3 is 2.47 bits per heavy atom. The predicted molar refractivity (Wildman–Crippen MR) is 121 cm³/mol. The van der Waals surface area contributed by atoms with E-state index in [1.165, 1.54) is 16.7 Å². The van der Waals surface area contributed by atoms with Crippen LogP contribution in [0, 0.1) is 0 Å². The summed E-state index contributed by atoms with van der Waals surface area (Å²) in [7, 11) is 0. The standard InChI is InChI=1S/C24H34N4O2/c1-2-25-24(26-12-13-28-14-16-29-17-15-28)27-18-22-10-6-7-11-23(22)20-30-19-21-8-4-3-5-9-21/h3-11H,2,12-20H2,1H3,(H2,25,26,27). The highest BCUT2D eigenvalue weighted by Gasteiger charge is 2.10. The van der Waals surface area contributed by atoms with E-state index in [1.807, 2.05) is 18.2 Å². The molecule has 0 spiro atoms. The average molecular weight is 411 g/mol. The fourth-order valence-electron chi connectivity index (χ4n) is 3.37. The van der Waals surface area contributed by atoms with E-state index in [-0.39, 0.29) is 0 Å². The zero-order chi connectivity index (χ0) is 20.9. The van der Waals surface area contributed by atoms with Crippen molar-refractivity contribution in [3.05, 3.63) is 71.3 Å². The number of nitrogens with one attached hydrogen (secondary N) is 2. The summed E-state index contributed by atoms with van der Waals surface area (Å²) < 4.78 is 11.3. The first-order valence-corrected chi connectivity index (χ1v) is 10.9. The van der Waals surface area contributed by atoms with Crippen molar-refractivity contribution in [1.29, 1.82) is 0 Å². The molecule has 2 aromatic rings. The summed E-state index contributed by atoms with van der Waals surface area (Å²) in [5, 5.41) is 6.79. The van der Waals surface area contributed by atoms with Gasteiger partial charge in [-0.2, -0.15) is 0 Å². The molecular formula is C24H34N4O2. The highest BCUT2D eigenvalue weighted by Crippen LogP contribution is 2.13. The van der Waals surface area contributed by atoms with Crippen LogP contribution in [-0.4, -0.2) is 56.8 Å². The third-order valence-corrected chi connectivity index (χ3v) is 5.06. The van der Waals surface area contributed by atoms with Gasteiger partial charge in [-0.25, -0.2) is 4.99 Å². The molecule has 1 fully saturated rings. The molecule has 1 aliphatic heterocycles. The largest absolute Gasteiger partial charge is 0.379 e. The monoisotopic (exact) mass is 410 g/mol. The minimum Gasteiger partial charge on any atom is -0.379 e. The van der Waals surface area contributed by atoms with Crippen LogP contribution in [0.4, 0.5) is 0 Å². The molecule has 0 bridgehead atoms. The van der Waals surface area contributed by atoms with Gasteiger partial charge in [-0.15, -0.1) is 0 Å². The molecule has 0 amide bonds. The summed E-state index contributed by atoms with van der Waals surface area (Å²) in [6.07, 6.45) is 0. The molecule has 0 unspecified atom stereocenters. The molecular weight excluding hydrogens is 376 g/mol. The Kier molecular flexibility index (Phi) is 9.66. The molecule has 30 heavy (non-hydrogen) atoms. The number of nitrogens with zero attached hydrogens (tertiary/aromatic N) is 2. The van der Waals surface area contributed by atoms with Gasteiger partial charge in [-0.1, -0.05) is 54.6 Å². The van der Waals surface area contributed by atoms with Crippen molar-refractivity contribution in [2.75, 3.05) is 45.9 Å². The quantitative estimate of drug-likeness (QED) is 0.466. The Morgan fingerprint density at radius 2 is 1.70 bits per heavy atom. The van der Waals surface area contributed by atoms with Crippen molar-refractivity contribution in [1.82, 2.24) is 15.5 Å². The second-order valence-electron chi connectivity index (χ2n) is 7.32. The Labute approximate surface area is 180 Å². The highest BCUT2D eigenvalue weighted by molar-refractivity contribution is 5.79. The van der Waals surface area contributed by atoms with Crippen molar-refractivity contribution in [2.24, 2.45) is 4.99 Å². The normalized spacial score (nSPS) is 15.2. The van der Waals surface area contributed by atoms with Gasteiger partial charge in [0, 0.05) is 32.7 Å². The molecule has 0 radical (unpaired) electrons. The topological polar surface area (TPSA) is 58.1 Å². The number of aliphatic imine (C=N–C) groups is 1. The Bertz CT molecular complexity index is 761. The second kappa shape index (κ2) is 13.0. The van der Waals surface area contributed by atoms with Crippen LogP contribution < -0.4 is 10.6 Å². The van der Waals surface area contributed by atoms with E-state index in [1.54, 1.807) is 0 Å². The maximum absolute atomic E-state index is 5.94. The summed E-state index contributed by atoms with van der Waals surface area (Å²) in [4.78, 5) is 7.21. The molecule has 1 aliphatic rings. The summed E-state index contributed by atoms with van der Waals surface area (Å²) in [5.41, 5.74) is 3.56. The SMILES string of the molecule is CCNC(=NCc1ccccc1COCc1ccccc1)NCCN1CCOCC1. The van der Waals surface area contributed by atoms with Crippen molar-refractivity contribution in [2.45, 2.75) is 26.7 Å². The lowest BCUT2D eigenvalue weighted by atomic mass is 10.1. The van der Waals surface area contributed by atoms with Gasteiger partial charge in [-0.3, -0.25) is 4.90 Å². The summed E-state index contributed by atoms with van der Waals surface area (Å²) in [6, 6.07) is 18.6. The first-order chi connectivity index (χ1) is 14.8. The molecule has 3 rings (SSSR count). The lowest BCUT2D eigenvalue weighted by Gasteiger charge is -2.26. The Morgan fingerprint density at radius 1 is 0.967 bits per heavy atom. The van der Waals surface area contributed by atoms with Crippen molar-refractivity contribution in [3.8, 4) is 0 Å². The van der Waals surface area contributed by atoms with E-state index >= 15 is 0 Å². The molecule has 0 aliphatic carbocycles. The van der Waals surface area contributed by atoms with Gasteiger partial charge >= 0.3 is 0 Å². The molecule has 1 saturated heterocycles. The Hall–Kier alpha value is -2.41. The first-order valence-electron chi connectivity index (χ1n) is 10.9. The number of rotatable bonds is 10. The van der Waals surface area contributed by atoms with Gasteiger partial charge in [0.05, 0.1) is 33.0 Å². The van der Waals surface area contributed by atoms with Gasteiger partial charge < -0.3 is 20.1 Å². The van der Waals surface area contributed by atoms with E-state index in [0.29, 0.717) is 19.8 Å². The van der Waals surface area contributed by atoms with Crippen LogP contribution >= 0.6 is 0 Å². The highest BCUT2D eigenvalue weighted by atomic mass is 16.5. The van der Waals surface area contributed by atoms with Crippen LogP contribution in [0.15, 0.2) is 59.6 Å². The molecule has 1 heterocycles. The van der Waals surface area contributed by atoms with Gasteiger partial charge in [0.1, 0.15) is 0 Å². The van der Waals surface area contributed by atoms with Crippen LogP contribution in [0.3, 0.4) is 0 Å². The van der Waals surface area contributed by atoms with Crippen molar-refractivity contribution < 1.29 is 9.47 Å². The maximum atomic E-state index is 5.94. The van der Waals surface area contributed by atoms with Crippen molar-refractivity contribution >= 4 is 5.96 Å². The number of hydrogen-bond acceptors (Lipinski definition) is 4. The number of benzene rings is 2. The molecule has 0 saturated carbocycles. The molecule has 6 nitrogen and oxygen atoms in total. The van der Waals surface area contributed by atoms with Gasteiger partial charge in [0.15, 0.2) is 5.96 Å². The maximum Gasteiger partial charge on any atom is 0.191 e. The predicted octanol–water partition coefficient (Wildman–Crippen LogP) is 2.79. The Balaban J connectivity index is 1.50. The molecule has 6 heteroatoms. The van der Waals surface area contributed by atoms with Crippen LogP contribution in [0.1, 0.15) is 23.6 Å². The summed E-state index contributed by atoms with van der Waals surface area (Å²) in [5.74, 6) is 0.853. The minimum atomic E-state index is 0.585. The van der Waals surface area contributed by atoms with Crippen LogP contribution in [0.25, 0.3) is 0 Å². The van der Waals surface area contributed by atoms with E-state index in [0.717, 1.165) is 51.9 Å². The number of morpholine rings is 1. The van der Waals surface area contributed by atoms with Crippen LogP contribution in [-0.2, 0) is 29.2 Å².